The lowest BCUT2D eigenvalue weighted by Gasteiger charge is -2.26. The van der Waals surface area contributed by atoms with Crippen LogP contribution in [-0.2, 0) is 41.7 Å². The van der Waals surface area contributed by atoms with Crippen LogP contribution in [0, 0.1) is 0 Å². The number of alkyl carbamates (subject to hydrolysis) is 1. The summed E-state index contributed by atoms with van der Waals surface area (Å²) >= 11 is 1.57. The topological polar surface area (TPSA) is 122 Å². The normalized spacial score (nSPS) is 14.4. The van der Waals surface area contributed by atoms with Crippen molar-refractivity contribution in [2.75, 3.05) is 5.75 Å². The molecule has 2 aliphatic rings. The summed E-state index contributed by atoms with van der Waals surface area (Å²) in [5, 5.41) is 2.80. The molecule has 3 aromatic rings. The monoisotopic (exact) mass is 824 g/mol. The van der Waals surface area contributed by atoms with Crippen molar-refractivity contribution in [3.05, 3.63) is 68.8 Å². The number of hydrogen-bond acceptors (Lipinski definition) is 7. The van der Waals surface area contributed by atoms with Crippen LogP contribution >= 0.6 is 11.8 Å². The van der Waals surface area contributed by atoms with E-state index in [9.17, 15) is 9.59 Å². The van der Waals surface area contributed by atoms with Crippen molar-refractivity contribution in [2.24, 2.45) is 0 Å². The SMILES string of the molecule is CC(C)(C)OC(=O)N[C@@H](CSCc1cc2[nH]c1c(C(C)(C)C)c1ccc([nH]1)c(C(C)(C)C)c1nc(c(C(C)(C)C)c3nc(c2C(C)(C)C)C=C3)C=C1)C(=O)OC(C)(C)C. The number of thioether (sulfide) groups is 1. The highest BCUT2D eigenvalue weighted by Gasteiger charge is 2.32. The van der Waals surface area contributed by atoms with Crippen LogP contribution in [0.2, 0.25) is 0 Å². The van der Waals surface area contributed by atoms with Gasteiger partial charge in [0, 0.05) is 55.8 Å². The second-order valence-electron chi connectivity index (χ2n) is 22.0. The minimum Gasteiger partial charge on any atom is -0.458 e. The number of carbonyl (C=O) groups excluding carboxylic acids is 2. The molecule has 9 nitrogen and oxygen atoms in total. The van der Waals surface area contributed by atoms with Crippen LogP contribution in [-0.4, -0.2) is 55.0 Å². The van der Waals surface area contributed by atoms with Crippen LogP contribution in [0.25, 0.3) is 46.4 Å². The highest BCUT2D eigenvalue weighted by atomic mass is 32.2. The Morgan fingerprint density at radius 2 is 1.02 bits per heavy atom. The number of esters is 1. The highest BCUT2D eigenvalue weighted by Crippen LogP contribution is 2.40. The molecule has 5 heterocycles. The van der Waals surface area contributed by atoms with Crippen molar-refractivity contribution >= 4 is 70.2 Å². The van der Waals surface area contributed by atoms with E-state index in [1.165, 1.54) is 0 Å². The maximum Gasteiger partial charge on any atom is 0.408 e. The van der Waals surface area contributed by atoms with Gasteiger partial charge >= 0.3 is 12.1 Å². The average molecular weight is 824 g/mol. The zero-order valence-electron chi connectivity index (χ0n) is 39.0. The summed E-state index contributed by atoms with van der Waals surface area (Å²) in [6.07, 6.45) is 7.92. The quantitative estimate of drug-likeness (QED) is 0.146. The molecule has 3 N–H and O–H groups in total. The molecular formula is C49H69N5O4S. The third-order valence-electron chi connectivity index (χ3n) is 9.87. The Balaban J connectivity index is 1.84. The number of ether oxygens (including phenoxy) is 2. The van der Waals surface area contributed by atoms with Gasteiger partial charge in [0.05, 0.1) is 22.8 Å². The van der Waals surface area contributed by atoms with Crippen LogP contribution in [0.3, 0.4) is 0 Å². The van der Waals surface area contributed by atoms with E-state index >= 15 is 0 Å². The van der Waals surface area contributed by atoms with E-state index in [-0.39, 0.29) is 27.4 Å². The predicted molar refractivity (Wildman–Crippen MR) is 249 cm³/mol. The number of aromatic amines is 2. The van der Waals surface area contributed by atoms with Crippen molar-refractivity contribution in [3.63, 3.8) is 0 Å². The van der Waals surface area contributed by atoms with Gasteiger partial charge in [0.1, 0.15) is 17.2 Å². The summed E-state index contributed by atoms with van der Waals surface area (Å²) in [6, 6.07) is 5.71. The van der Waals surface area contributed by atoms with E-state index < -0.39 is 29.3 Å². The fraction of sp³-hybridized carbons (Fsp3) is 0.551. The molecule has 59 heavy (non-hydrogen) atoms. The lowest BCUT2D eigenvalue weighted by molar-refractivity contribution is -0.156. The van der Waals surface area contributed by atoms with Gasteiger partial charge in [0.2, 0.25) is 0 Å². The molecule has 0 fully saturated rings. The lowest BCUT2D eigenvalue weighted by Crippen LogP contribution is -2.47. The Labute approximate surface area is 357 Å². The van der Waals surface area contributed by atoms with Crippen molar-refractivity contribution in [1.82, 2.24) is 25.3 Å². The molecule has 10 heteroatoms. The molecule has 0 saturated carbocycles. The van der Waals surface area contributed by atoms with E-state index in [0.717, 1.165) is 72.7 Å². The first-order valence-electron chi connectivity index (χ1n) is 20.8. The molecule has 8 bridgehead atoms. The van der Waals surface area contributed by atoms with E-state index in [0.29, 0.717) is 5.75 Å². The third kappa shape index (κ3) is 10.9. The van der Waals surface area contributed by atoms with Crippen molar-refractivity contribution < 1.29 is 19.1 Å². The van der Waals surface area contributed by atoms with E-state index in [1.54, 1.807) is 32.5 Å². The van der Waals surface area contributed by atoms with Gasteiger partial charge in [0.25, 0.3) is 0 Å². The highest BCUT2D eigenvalue weighted by molar-refractivity contribution is 7.98. The summed E-state index contributed by atoms with van der Waals surface area (Å²) in [4.78, 5) is 45.1. The van der Waals surface area contributed by atoms with Gasteiger partial charge in [-0.2, -0.15) is 11.8 Å². The number of carbonyl (C=O) groups is 2. The van der Waals surface area contributed by atoms with Gasteiger partial charge in [0.15, 0.2) is 0 Å². The molecule has 3 aromatic heterocycles. The minimum atomic E-state index is -0.920. The van der Waals surface area contributed by atoms with Gasteiger partial charge in [-0.05, 0) is 111 Å². The number of rotatable bonds is 6. The van der Waals surface area contributed by atoms with Crippen LogP contribution in [0.4, 0.5) is 4.79 Å². The van der Waals surface area contributed by atoms with Gasteiger partial charge < -0.3 is 24.8 Å². The maximum atomic E-state index is 13.5. The predicted octanol–water partition coefficient (Wildman–Crippen LogP) is 12.3. The number of H-pyrrole nitrogens is 2. The van der Waals surface area contributed by atoms with Crippen molar-refractivity contribution in [1.29, 1.82) is 0 Å². The Morgan fingerprint density at radius 1 is 0.593 bits per heavy atom. The number of aromatic nitrogens is 4. The number of fused-ring (bicyclic) bond motifs is 8. The second kappa shape index (κ2) is 15.9. The largest absolute Gasteiger partial charge is 0.458 e. The van der Waals surface area contributed by atoms with E-state index in [1.807, 2.05) is 20.8 Å². The summed E-state index contributed by atoms with van der Waals surface area (Å²) in [5.41, 5.74) is 10.8. The summed E-state index contributed by atoms with van der Waals surface area (Å²) in [5.74, 6) is 0.320. The number of amides is 1. The molecule has 1 atom stereocenters. The molecular weight excluding hydrogens is 755 g/mol. The Morgan fingerprint density at radius 3 is 1.46 bits per heavy atom. The van der Waals surface area contributed by atoms with E-state index in [2.05, 4.69) is 141 Å². The van der Waals surface area contributed by atoms with Crippen LogP contribution in [0.5, 0.6) is 0 Å². The zero-order chi connectivity index (χ0) is 44.3. The van der Waals surface area contributed by atoms with Gasteiger partial charge in [-0.25, -0.2) is 19.6 Å². The lowest BCUT2D eigenvalue weighted by atomic mass is 9.84. The van der Waals surface area contributed by atoms with Crippen LogP contribution in [0.1, 0.15) is 175 Å². The van der Waals surface area contributed by atoms with Crippen molar-refractivity contribution in [3.8, 4) is 0 Å². The molecule has 0 aliphatic carbocycles. The molecule has 5 rings (SSSR count). The Bertz CT molecular complexity index is 2340. The molecule has 0 unspecified atom stereocenters. The fourth-order valence-electron chi connectivity index (χ4n) is 7.88. The number of hydrogen-bond donors (Lipinski definition) is 3. The Kier molecular flexibility index (Phi) is 12.4. The summed E-state index contributed by atoms with van der Waals surface area (Å²) < 4.78 is 11.3. The molecule has 1 amide bonds. The standard InChI is InChI=1S/C49H69N5O4S/c1-44(2,3)37-29-19-20-30(50-29)38(45(4,5)6)32-23-24-34(52-32)40(47(10,11)12)41-28(25-35(53-41)39(46(7,8)9)33-22-21-31(37)51-33)26-59-27-36(42(55)57-48(13,14)15)54-43(56)58-49(16,17)18/h19-25,36,52-53H,26-27H2,1-18H3,(H,54,56)/t36-/m0/s1. The molecule has 2 aliphatic heterocycles. The Hall–Kier alpha value is -4.31. The second-order valence-corrected chi connectivity index (χ2v) is 23.1. The molecule has 0 radical (unpaired) electrons. The summed E-state index contributed by atoms with van der Waals surface area (Å²) in [7, 11) is 0. The van der Waals surface area contributed by atoms with Crippen LogP contribution in [0.15, 0.2) is 18.2 Å². The average Bonchev–Trinajstić information content (AvgIpc) is 3.83. The maximum absolute atomic E-state index is 13.5. The molecule has 320 valence electrons. The minimum absolute atomic E-state index is 0.225. The van der Waals surface area contributed by atoms with Gasteiger partial charge in [-0.15, -0.1) is 0 Å². The first-order chi connectivity index (χ1) is 26.8. The van der Waals surface area contributed by atoms with Crippen LogP contribution < -0.4 is 5.32 Å². The third-order valence-corrected chi connectivity index (χ3v) is 11.0. The van der Waals surface area contributed by atoms with Gasteiger partial charge in [-0.1, -0.05) is 83.1 Å². The first-order valence-corrected chi connectivity index (χ1v) is 22.0. The summed E-state index contributed by atoms with van der Waals surface area (Å²) in [6.45, 7) is 37.7. The van der Waals surface area contributed by atoms with E-state index in [4.69, 9.17) is 19.4 Å². The fourth-order valence-corrected chi connectivity index (χ4v) is 8.90. The zero-order valence-corrected chi connectivity index (χ0v) is 39.8. The molecule has 0 aromatic carbocycles. The number of nitrogens with zero attached hydrogens (tertiary/aromatic N) is 2. The number of nitrogens with one attached hydrogen (secondary N) is 3. The van der Waals surface area contributed by atoms with Crippen molar-refractivity contribution in [2.45, 2.75) is 169 Å². The molecule has 0 spiro atoms. The molecule has 0 saturated heterocycles. The van der Waals surface area contributed by atoms with Gasteiger partial charge in [-0.3, -0.25) is 0 Å². The smallest absolute Gasteiger partial charge is 0.408 e. The first kappa shape index (κ1) is 45.8.